The number of carbonyl (C=O) groups is 1. The van der Waals surface area contributed by atoms with E-state index in [0.717, 1.165) is 16.3 Å². The van der Waals surface area contributed by atoms with Crippen molar-refractivity contribution in [2.75, 3.05) is 16.9 Å². The summed E-state index contributed by atoms with van der Waals surface area (Å²) >= 11 is 1.65. The second-order valence-corrected chi connectivity index (χ2v) is 5.97. The quantitative estimate of drug-likeness (QED) is 0.764. The number of amides is 2. The van der Waals surface area contributed by atoms with Gasteiger partial charge in [-0.25, -0.2) is 4.79 Å². The summed E-state index contributed by atoms with van der Waals surface area (Å²) in [6.45, 7) is 4.29. The number of hydrogen-bond acceptors (Lipinski definition) is 2. The van der Waals surface area contributed by atoms with Crippen molar-refractivity contribution in [3.63, 3.8) is 0 Å². The first-order valence-corrected chi connectivity index (χ1v) is 8.13. The van der Waals surface area contributed by atoms with Crippen molar-refractivity contribution in [1.29, 1.82) is 0 Å². The van der Waals surface area contributed by atoms with Crippen LogP contribution in [0.15, 0.2) is 53.4 Å². The summed E-state index contributed by atoms with van der Waals surface area (Å²) < 4.78 is 0. The number of hydrogen-bond donors (Lipinski definition) is 2. The lowest BCUT2D eigenvalue weighted by Crippen LogP contribution is -2.19. The van der Waals surface area contributed by atoms with Crippen molar-refractivity contribution in [2.45, 2.75) is 24.7 Å². The molecule has 2 aromatic rings. The van der Waals surface area contributed by atoms with Crippen LogP contribution in [0.1, 0.15) is 25.3 Å². The normalized spacial score (nSPS) is 10.5. The third kappa shape index (κ3) is 4.53. The van der Waals surface area contributed by atoms with Crippen LogP contribution < -0.4 is 10.6 Å². The molecule has 0 aromatic heterocycles. The molecule has 2 aromatic carbocycles. The molecule has 0 heterocycles. The first kappa shape index (κ1) is 15.4. The number of thioether (sulfide) groups is 1. The highest BCUT2D eigenvalue weighted by atomic mass is 32.2. The number of nitrogens with one attached hydrogen (secondary N) is 2. The van der Waals surface area contributed by atoms with Gasteiger partial charge in [0.1, 0.15) is 0 Å². The summed E-state index contributed by atoms with van der Waals surface area (Å²) in [5.41, 5.74) is 2.84. The van der Waals surface area contributed by atoms with Gasteiger partial charge in [0.2, 0.25) is 0 Å². The average molecular weight is 300 g/mol. The molecule has 0 saturated carbocycles. The molecule has 0 saturated heterocycles. The fourth-order valence-corrected chi connectivity index (χ4v) is 2.41. The smallest absolute Gasteiger partial charge is 0.308 e. The maximum absolute atomic E-state index is 12.0. The lowest BCUT2D eigenvalue weighted by atomic mass is 10.0. The Kier molecular flexibility index (Phi) is 5.28. The molecule has 0 unspecified atom stereocenters. The third-order valence-corrected chi connectivity index (χ3v) is 3.89. The van der Waals surface area contributed by atoms with Crippen molar-refractivity contribution < 1.29 is 4.79 Å². The monoisotopic (exact) mass is 300 g/mol. The van der Waals surface area contributed by atoms with Gasteiger partial charge in [0, 0.05) is 16.3 Å². The van der Waals surface area contributed by atoms with Crippen LogP contribution in [-0.2, 0) is 0 Å². The van der Waals surface area contributed by atoms with Crippen LogP contribution in [0, 0.1) is 0 Å². The molecule has 0 aliphatic rings. The van der Waals surface area contributed by atoms with E-state index in [2.05, 4.69) is 24.5 Å². The molecule has 21 heavy (non-hydrogen) atoms. The highest BCUT2D eigenvalue weighted by Crippen LogP contribution is 2.20. The molecule has 0 bridgehead atoms. The van der Waals surface area contributed by atoms with Gasteiger partial charge in [-0.2, -0.15) is 0 Å². The Morgan fingerprint density at radius 3 is 2.29 bits per heavy atom. The minimum atomic E-state index is -0.231. The molecule has 0 aliphatic carbocycles. The van der Waals surface area contributed by atoms with Gasteiger partial charge in [-0.05, 0) is 48.1 Å². The number of carbonyl (C=O) groups excluding carboxylic acids is 1. The lowest BCUT2D eigenvalue weighted by molar-refractivity contribution is 0.262. The summed E-state index contributed by atoms with van der Waals surface area (Å²) in [4.78, 5) is 13.1. The zero-order valence-corrected chi connectivity index (χ0v) is 13.3. The fraction of sp³-hybridized carbons (Fsp3) is 0.235. The molecule has 0 radical (unpaired) electrons. The molecule has 2 rings (SSSR count). The van der Waals surface area contributed by atoms with E-state index in [0.29, 0.717) is 5.92 Å². The third-order valence-electron chi connectivity index (χ3n) is 3.16. The summed E-state index contributed by atoms with van der Waals surface area (Å²) in [7, 11) is 0. The second-order valence-electron chi connectivity index (χ2n) is 5.09. The van der Waals surface area contributed by atoms with E-state index >= 15 is 0 Å². The van der Waals surface area contributed by atoms with Gasteiger partial charge in [-0.1, -0.05) is 32.0 Å². The Balaban J connectivity index is 1.97. The molecule has 0 spiro atoms. The Hall–Kier alpha value is -1.94. The average Bonchev–Trinajstić information content (AvgIpc) is 2.47. The van der Waals surface area contributed by atoms with Gasteiger partial charge >= 0.3 is 6.03 Å². The van der Waals surface area contributed by atoms with E-state index in [9.17, 15) is 4.79 Å². The predicted octanol–water partition coefficient (Wildman–Crippen LogP) is 5.18. The maximum Gasteiger partial charge on any atom is 0.323 e. The SMILES string of the molecule is CSc1cccc(NC(=O)Nc2ccc(C(C)C)cc2)c1. The lowest BCUT2D eigenvalue weighted by Gasteiger charge is -2.10. The van der Waals surface area contributed by atoms with Crippen molar-refractivity contribution in [2.24, 2.45) is 0 Å². The van der Waals surface area contributed by atoms with Crippen molar-refractivity contribution in [3.05, 3.63) is 54.1 Å². The first-order valence-electron chi connectivity index (χ1n) is 6.90. The van der Waals surface area contributed by atoms with E-state index < -0.39 is 0 Å². The van der Waals surface area contributed by atoms with Gasteiger partial charge in [-0.15, -0.1) is 11.8 Å². The Morgan fingerprint density at radius 1 is 1.00 bits per heavy atom. The maximum atomic E-state index is 12.0. The molecule has 0 aliphatic heterocycles. The summed E-state index contributed by atoms with van der Waals surface area (Å²) in [5.74, 6) is 0.488. The van der Waals surface area contributed by atoms with Crippen LogP contribution in [0.4, 0.5) is 16.2 Å². The minimum Gasteiger partial charge on any atom is -0.308 e. The van der Waals surface area contributed by atoms with E-state index in [4.69, 9.17) is 0 Å². The molecular weight excluding hydrogens is 280 g/mol. The fourth-order valence-electron chi connectivity index (χ4n) is 1.95. The van der Waals surface area contributed by atoms with E-state index in [-0.39, 0.29) is 6.03 Å². The second kappa shape index (κ2) is 7.18. The first-order chi connectivity index (χ1) is 10.1. The minimum absolute atomic E-state index is 0.231. The van der Waals surface area contributed by atoms with Crippen molar-refractivity contribution in [1.82, 2.24) is 0 Å². The standard InChI is InChI=1S/C17H20N2OS/c1-12(2)13-7-9-14(10-8-13)18-17(20)19-15-5-4-6-16(11-15)21-3/h4-12H,1-3H3,(H2,18,19,20). The van der Waals surface area contributed by atoms with E-state index in [1.807, 2.05) is 54.8 Å². The number of urea groups is 1. The van der Waals surface area contributed by atoms with E-state index in [1.165, 1.54) is 5.56 Å². The molecule has 110 valence electrons. The Labute approximate surface area is 130 Å². The largest absolute Gasteiger partial charge is 0.323 e. The van der Waals surface area contributed by atoms with Gasteiger partial charge in [0.05, 0.1) is 0 Å². The van der Waals surface area contributed by atoms with Gasteiger partial charge in [0.15, 0.2) is 0 Å². The molecule has 2 amide bonds. The van der Waals surface area contributed by atoms with Crippen molar-refractivity contribution >= 4 is 29.2 Å². The van der Waals surface area contributed by atoms with Crippen LogP contribution in [0.3, 0.4) is 0 Å². The molecule has 0 atom stereocenters. The summed E-state index contributed by atoms with van der Waals surface area (Å²) in [6, 6.07) is 15.5. The molecule has 3 nitrogen and oxygen atoms in total. The van der Waals surface area contributed by atoms with Crippen LogP contribution in [-0.4, -0.2) is 12.3 Å². The summed E-state index contributed by atoms with van der Waals surface area (Å²) in [5, 5.41) is 5.68. The van der Waals surface area contributed by atoms with Crippen LogP contribution in [0.5, 0.6) is 0 Å². The highest BCUT2D eigenvalue weighted by molar-refractivity contribution is 7.98. The van der Waals surface area contributed by atoms with Gasteiger partial charge < -0.3 is 10.6 Å². The molecular formula is C17H20N2OS. The van der Waals surface area contributed by atoms with E-state index in [1.54, 1.807) is 11.8 Å². The molecule has 4 heteroatoms. The predicted molar refractivity (Wildman–Crippen MR) is 91.4 cm³/mol. The molecule has 2 N–H and O–H groups in total. The van der Waals surface area contributed by atoms with Gasteiger partial charge in [-0.3, -0.25) is 0 Å². The highest BCUT2D eigenvalue weighted by Gasteiger charge is 2.04. The number of benzene rings is 2. The van der Waals surface area contributed by atoms with Gasteiger partial charge in [0.25, 0.3) is 0 Å². The van der Waals surface area contributed by atoms with Crippen LogP contribution in [0.25, 0.3) is 0 Å². The Bertz CT molecular complexity index is 608. The summed E-state index contributed by atoms with van der Waals surface area (Å²) in [6.07, 6.45) is 2.01. The topological polar surface area (TPSA) is 41.1 Å². The van der Waals surface area contributed by atoms with Crippen LogP contribution >= 0.6 is 11.8 Å². The molecule has 0 fully saturated rings. The zero-order chi connectivity index (χ0) is 15.2. The number of anilines is 2. The van der Waals surface area contributed by atoms with Crippen LogP contribution in [0.2, 0.25) is 0 Å². The zero-order valence-electron chi connectivity index (χ0n) is 12.5. The number of rotatable bonds is 4. The van der Waals surface area contributed by atoms with Crippen molar-refractivity contribution in [3.8, 4) is 0 Å². The Morgan fingerprint density at radius 2 is 1.67 bits per heavy atom.